The van der Waals surface area contributed by atoms with Gasteiger partial charge < -0.3 is 18.9 Å². The number of aromatic nitrogens is 1. The van der Waals surface area contributed by atoms with Crippen LogP contribution < -0.4 is 0 Å². The molecule has 0 bridgehead atoms. The summed E-state index contributed by atoms with van der Waals surface area (Å²) in [6.45, 7) is 8.25. The number of carbonyl (C=O) groups excluding carboxylic acids is 1. The van der Waals surface area contributed by atoms with Gasteiger partial charge in [-0.2, -0.15) is 0 Å². The van der Waals surface area contributed by atoms with Gasteiger partial charge in [0.25, 0.3) is 0 Å². The topological polar surface area (TPSA) is 68.0 Å². The third kappa shape index (κ3) is 4.22. The summed E-state index contributed by atoms with van der Waals surface area (Å²) in [6.07, 6.45) is 2.82. The van der Waals surface area contributed by atoms with Crippen molar-refractivity contribution in [2.45, 2.75) is 51.7 Å². The van der Waals surface area contributed by atoms with Crippen molar-refractivity contribution < 1.29 is 18.8 Å². The first-order chi connectivity index (χ1) is 12.1. The van der Waals surface area contributed by atoms with Crippen LogP contribution in [0.5, 0.6) is 0 Å². The van der Waals surface area contributed by atoms with Gasteiger partial charge in [0.2, 0.25) is 5.91 Å². The maximum atomic E-state index is 12.7. The van der Waals surface area contributed by atoms with Crippen molar-refractivity contribution in [3.05, 3.63) is 17.0 Å². The molecule has 1 unspecified atom stereocenters. The number of amides is 1. The lowest BCUT2D eigenvalue weighted by molar-refractivity contribution is -0.142. The molecule has 0 aliphatic carbocycles. The number of ether oxygens (including phenoxy) is 2. The quantitative estimate of drug-likeness (QED) is 0.774. The minimum Gasteiger partial charge on any atom is -0.381 e. The maximum Gasteiger partial charge on any atom is 0.249 e. The van der Waals surface area contributed by atoms with Gasteiger partial charge in [0.05, 0.1) is 5.69 Å². The molecule has 1 amide bonds. The van der Waals surface area contributed by atoms with Gasteiger partial charge in [-0.1, -0.05) is 5.16 Å². The van der Waals surface area contributed by atoms with E-state index in [1.54, 1.807) is 7.11 Å². The summed E-state index contributed by atoms with van der Waals surface area (Å²) < 4.78 is 15.9. The highest BCUT2D eigenvalue weighted by Gasteiger charge is 2.36. The van der Waals surface area contributed by atoms with E-state index in [0.717, 1.165) is 63.6 Å². The van der Waals surface area contributed by atoms with E-state index in [1.165, 1.54) is 5.56 Å². The van der Waals surface area contributed by atoms with Crippen LogP contribution in [0.3, 0.4) is 0 Å². The predicted molar refractivity (Wildman–Crippen MR) is 92.2 cm³/mol. The molecule has 2 saturated heterocycles. The monoisotopic (exact) mass is 351 g/mol. The molecular weight excluding hydrogens is 322 g/mol. The molecule has 0 aromatic carbocycles. The van der Waals surface area contributed by atoms with E-state index in [9.17, 15) is 4.79 Å². The fourth-order valence-corrected chi connectivity index (χ4v) is 4.00. The molecule has 7 nitrogen and oxygen atoms in total. The van der Waals surface area contributed by atoms with Crippen LogP contribution in [0.4, 0.5) is 0 Å². The Morgan fingerprint density at radius 2 is 2.04 bits per heavy atom. The molecule has 3 heterocycles. The van der Waals surface area contributed by atoms with E-state index >= 15 is 0 Å². The normalized spacial score (nSPS) is 22.4. The largest absolute Gasteiger partial charge is 0.381 e. The molecule has 0 N–H and O–H groups in total. The fraction of sp³-hybridized carbons (Fsp3) is 0.778. The Bertz CT molecular complexity index is 563. The van der Waals surface area contributed by atoms with Crippen LogP contribution >= 0.6 is 0 Å². The average Bonchev–Trinajstić information content (AvgIpc) is 3.18. The lowest BCUT2D eigenvalue weighted by Crippen LogP contribution is -2.51. The maximum absolute atomic E-state index is 12.7. The molecular formula is C18H29N3O4. The summed E-state index contributed by atoms with van der Waals surface area (Å²) >= 11 is 0. The molecule has 0 spiro atoms. The van der Waals surface area contributed by atoms with Crippen molar-refractivity contribution in [2.75, 3.05) is 40.0 Å². The molecule has 0 saturated carbocycles. The first-order valence-corrected chi connectivity index (χ1v) is 9.12. The van der Waals surface area contributed by atoms with E-state index in [1.807, 2.05) is 13.8 Å². The van der Waals surface area contributed by atoms with Crippen molar-refractivity contribution in [3.8, 4) is 0 Å². The van der Waals surface area contributed by atoms with Crippen molar-refractivity contribution in [1.82, 2.24) is 15.0 Å². The second-order valence-electron chi connectivity index (χ2n) is 7.06. The van der Waals surface area contributed by atoms with Crippen LogP contribution in [0, 0.1) is 13.8 Å². The Kier molecular flexibility index (Phi) is 6.09. The van der Waals surface area contributed by atoms with E-state index in [2.05, 4.69) is 15.0 Å². The van der Waals surface area contributed by atoms with Crippen molar-refractivity contribution >= 4 is 5.91 Å². The first-order valence-electron chi connectivity index (χ1n) is 9.12. The number of hydrogen-bond acceptors (Lipinski definition) is 6. The summed E-state index contributed by atoms with van der Waals surface area (Å²) in [6, 6.07) is 0.506. The van der Waals surface area contributed by atoms with Crippen LogP contribution in [0.1, 0.15) is 36.3 Å². The van der Waals surface area contributed by atoms with Gasteiger partial charge in [0.15, 0.2) is 0 Å². The lowest BCUT2D eigenvalue weighted by Gasteiger charge is -2.38. The van der Waals surface area contributed by atoms with E-state index in [-0.39, 0.29) is 24.6 Å². The zero-order valence-corrected chi connectivity index (χ0v) is 15.5. The summed E-state index contributed by atoms with van der Waals surface area (Å²) in [5.41, 5.74) is 2.12. The van der Waals surface area contributed by atoms with E-state index in [4.69, 9.17) is 14.0 Å². The van der Waals surface area contributed by atoms with Gasteiger partial charge >= 0.3 is 0 Å². The number of aryl methyl sites for hydroxylation is 2. The van der Waals surface area contributed by atoms with Gasteiger partial charge in [-0.05, 0) is 33.1 Å². The van der Waals surface area contributed by atoms with Crippen LogP contribution in [0.15, 0.2) is 4.52 Å². The standard InChI is InChI=1S/C18H29N3O4/c1-13-17(14(2)25-19-13)11-20-7-4-16(10-20)21(18(22)12-23-3)15-5-8-24-9-6-15/h15-16H,4-12H2,1-3H3. The molecule has 1 aromatic heterocycles. The minimum atomic E-state index is 0.0959. The van der Waals surface area contributed by atoms with Gasteiger partial charge in [0.1, 0.15) is 12.4 Å². The Morgan fingerprint density at radius 3 is 2.68 bits per heavy atom. The van der Waals surface area contributed by atoms with Gasteiger partial charge in [0, 0.05) is 57.6 Å². The number of likely N-dealkylation sites (tertiary alicyclic amines) is 1. The van der Waals surface area contributed by atoms with Gasteiger partial charge in [-0.25, -0.2) is 0 Å². The van der Waals surface area contributed by atoms with Crippen molar-refractivity contribution in [2.24, 2.45) is 0 Å². The highest BCUT2D eigenvalue weighted by molar-refractivity contribution is 5.78. The molecule has 7 heteroatoms. The van der Waals surface area contributed by atoms with Crippen molar-refractivity contribution in [1.29, 1.82) is 0 Å². The first kappa shape index (κ1) is 18.4. The number of carbonyl (C=O) groups is 1. The fourth-order valence-electron chi connectivity index (χ4n) is 4.00. The Balaban J connectivity index is 1.66. The smallest absolute Gasteiger partial charge is 0.249 e. The number of hydrogen-bond donors (Lipinski definition) is 0. The molecule has 2 aliphatic rings. The predicted octanol–water partition coefficient (Wildman–Crippen LogP) is 1.52. The number of rotatable bonds is 6. The van der Waals surface area contributed by atoms with Crippen LogP contribution in [0.2, 0.25) is 0 Å². The third-order valence-electron chi connectivity index (χ3n) is 5.34. The lowest BCUT2D eigenvalue weighted by atomic mass is 10.0. The highest BCUT2D eigenvalue weighted by atomic mass is 16.5. The Labute approximate surface area is 149 Å². The molecule has 1 atom stereocenters. The molecule has 2 aliphatic heterocycles. The highest BCUT2D eigenvalue weighted by Crippen LogP contribution is 2.25. The minimum absolute atomic E-state index is 0.0959. The SMILES string of the molecule is COCC(=O)N(C1CCOCC1)C1CCN(Cc2c(C)noc2C)C1. The Morgan fingerprint density at radius 1 is 1.28 bits per heavy atom. The van der Waals surface area contributed by atoms with Gasteiger partial charge in [-0.3, -0.25) is 9.69 Å². The molecule has 1 aromatic rings. The van der Waals surface area contributed by atoms with Crippen LogP contribution in [-0.4, -0.2) is 73.0 Å². The molecule has 2 fully saturated rings. The number of methoxy groups -OCH3 is 1. The Hall–Kier alpha value is -1.44. The summed E-state index contributed by atoms with van der Waals surface area (Å²) in [7, 11) is 1.58. The van der Waals surface area contributed by atoms with E-state index < -0.39 is 0 Å². The molecule has 140 valence electrons. The molecule has 0 radical (unpaired) electrons. The third-order valence-corrected chi connectivity index (χ3v) is 5.34. The molecule has 3 rings (SSSR count). The second kappa shape index (κ2) is 8.29. The summed E-state index contributed by atoms with van der Waals surface area (Å²) in [4.78, 5) is 17.2. The summed E-state index contributed by atoms with van der Waals surface area (Å²) in [5, 5.41) is 4.04. The van der Waals surface area contributed by atoms with Gasteiger partial charge in [-0.15, -0.1) is 0 Å². The van der Waals surface area contributed by atoms with Crippen molar-refractivity contribution in [3.63, 3.8) is 0 Å². The van der Waals surface area contributed by atoms with Crippen LogP contribution in [0.25, 0.3) is 0 Å². The second-order valence-corrected chi connectivity index (χ2v) is 7.06. The number of nitrogens with zero attached hydrogens (tertiary/aromatic N) is 3. The molecule has 25 heavy (non-hydrogen) atoms. The zero-order valence-electron chi connectivity index (χ0n) is 15.5. The average molecular weight is 351 g/mol. The zero-order chi connectivity index (χ0) is 17.8. The van der Waals surface area contributed by atoms with Crippen LogP contribution in [-0.2, 0) is 20.8 Å². The van der Waals surface area contributed by atoms with E-state index in [0.29, 0.717) is 0 Å². The summed E-state index contributed by atoms with van der Waals surface area (Å²) in [5.74, 6) is 0.983.